The number of nitrogen functional groups attached to an aromatic ring is 1. The Labute approximate surface area is 77.2 Å². The van der Waals surface area contributed by atoms with Gasteiger partial charge in [-0.1, -0.05) is 18.2 Å². The fourth-order valence-corrected chi connectivity index (χ4v) is 1.09. The van der Waals surface area contributed by atoms with Crippen LogP contribution in [0.2, 0.25) is 0 Å². The molecule has 0 amide bonds. The van der Waals surface area contributed by atoms with Gasteiger partial charge < -0.3 is 5.73 Å². The summed E-state index contributed by atoms with van der Waals surface area (Å²) in [6.07, 6.45) is 2.27. The van der Waals surface area contributed by atoms with Crippen molar-refractivity contribution in [3.63, 3.8) is 0 Å². The van der Waals surface area contributed by atoms with Gasteiger partial charge in [-0.15, -0.1) is 0 Å². The predicted octanol–water partition coefficient (Wildman–Crippen LogP) is 0.647. The maximum Gasteiger partial charge on any atom is 0.250 e. The Kier molecular flexibility index (Phi) is 2.67. The lowest BCUT2D eigenvalue weighted by Crippen LogP contribution is -1.95. The van der Waals surface area contributed by atoms with Gasteiger partial charge in [0.1, 0.15) is 0 Å². The molecule has 0 aromatic heterocycles. The molecule has 70 valence electrons. The van der Waals surface area contributed by atoms with Crippen molar-refractivity contribution in [1.82, 2.24) is 0 Å². The van der Waals surface area contributed by atoms with Crippen LogP contribution in [0.4, 0.5) is 5.69 Å². The highest BCUT2D eigenvalue weighted by molar-refractivity contribution is 7.89. The van der Waals surface area contributed by atoms with Crippen molar-refractivity contribution >= 4 is 21.9 Å². The minimum Gasteiger partial charge on any atom is -0.398 e. The topological polar surface area (TPSA) is 72.5 Å². The maximum atomic E-state index is 10.7. The van der Waals surface area contributed by atoms with Crippen LogP contribution >= 0.6 is 0 Å². The third-order valence-electron chi connectivity index (χ3n) is 1.38. The minimum absolute atomic E-state index is 0.509. The second-order valence-corrected chi connectivity index (χ2v) is 4.27. The largest absolute Gasteiger partial charge is 0.398 e. The van der Waals surface area contributed by atoms with Gasteiger partial charge in [0.25, 0.3) is 0 Å². The summed E-state index contributed by atoms with van der Waals surface area (Å²) >= 11 is 0. The van der Waals surface area contributed by atoms with Gasteiger partial charge in [0, 0.05) is 17.5 Å². The lowest BCUT2D eigenvalue weighted by atomic mass is 10.2. The Hall–Kier alpha value is -1.36. The number of hydrogen-bond acceptors (Lipinski definition) is 3. The lowest BCUT2D eigenvalue weighted by Gasteiger charge is -1.96. The van der Waals surface area contributed by atoms with Gasteiger partial charge in [0.2, 0.25) is 10.0 Å². The summed E-state index contributed by atoms with van der Waals surface area (Å²) in [4.78, 5) is 0. The first-order valence-electron chi connectivity index (χ1n) is 3.59. The molecule has 1 aromatic rings. The lowest BCUT2D eigenvalue weighted by molar-refractivity contribution is 0.604. The summed E-state index contributed by atoms with van der Waals surface area (Å²) < 4.78 is 24.7. The van der Waals surface area contributed by atoms with Gasteiger partial charge >= 0.3 is 0 Å². The number of nitrogens with two attached hydrogens (primary N) is 1. The predicted molar refractivity (Wildman–Crippen MR) is 53.3 cm³/mol. The zero-order valence-electron chi connectivity index (χ0n) is 7.14. The van der Waals surface area contributed by atoms with E-state index in [1.54, 1.807) is 24.3 Å². The normalized spacial score (nSPS) is 12.1. The summed E-state index contributed by atoms with van der Waals surface area (Å²) in [6, 6.07) is 6.92. The van der Waals surface area contributed by atoms with Gasteiger partial charge in [0.05, 0.1) is 6.26 Å². The zero-order chi connectivity index (χ0) is 9.90. The molecule has 0 fully saturated rings. The van der Waals surface area contributed by atoms with E-state index < -0.39 is 10.0 Å². The molecule has 1 rings (SSSR count). The smallest absolute Gasteiger partial charge is 0.250 e. The molecule has 0 atom stereocenters. The van der Waals surface area contributed by atoms with E-state index in [4.69, 9.17) is 5.73 Å². The van der Waals surface area contributed by atoms with E-state index in [1.807, 2.05) is 0 Å². The van der Waals surface area contributed by atoms with E-state index in [0.29, 0.717) is 11.3 Å². The second-order valence-electron chi connectivity index (χ2n) is 2.60. The van der Waals surface area contributed by atoms with Crippen LogP contribution in [-0.4, -0.2) is 20.9 Å². The summed E-state index contributed by atoms with van der Waals surface area (Å²) in [5, 5.41) is 0. The molecule has 0 spiro atoms. The van der Waals surface area contributed by atoms with Crippen LogP contribution in [0.15, 0.2) is 28.7 Å². The van der Waals surface area contributed by atoms with E-state index in [2.05, 4.69) is 4.40 Å². The molecule has 2 N–H and O–H groups in total. The van der Waals surface area contributed by atoms with Crippen molar-refractivity contribution in [2.45, 2.75) is 0 Å². The molecule has 0 bridgehead atoms. The van der Waals surface area contributed by atoms with Crippen LogP contribution in [0.3, 0.4) is 0 Å². The Morgan fingerprint density at radius 1 is 1.38 bits per heavy atom. The standard InChI is InChI=1S/C8H10N2O2S/c1-13(11,12)10-6-7-4-2-3-5-8(7)9/h2-6H,9H2,1H3/b10-6+. The first-order valence-corrected chi connectivity index (χ1v) is 5.44. The van der Waals surface area contributed by atoms with Crippen LogP contribution in [0.5, 0.6) is 0 Å². The quantitative estimate of drug-likeness (QED) is 0.560. The molecule has 0 aliphatic rings. The highest BCUT2D eigenvalue weighted by Gasteiger charge is 1.96. The van der Waals surface area contributed by atoms with Crippen LogP contribution in [0.25, 0.3) is 0 Å². The number of nitrogens with zero attached hydrogens (tertiary/aromatic N) is 1. The van der Waals surface area contributed by atoms with Crippen molar-refractivity contribution in [2.75, 3.05) is 12.0 Å². The molecule has 4 nitrogen and oxygen atoms in total. The number of sulfonamides is 1. The molecule has 0 saturated carbocycles. The van der Waals surface area contributed by atoms with Crippen molar-refractivity contribution in [3.8, 4) is 0 Å². The SMILES string of the molecule is CS(=O)(=O)/N=C/c1ccccc1N. The van der Waals surface area contributed by atoms with Gasteiger partial charge in [-0.05, 0) is 6.07 Å². The zero-order valence-corrected chi connectivity index (χ0v) is 7.95. The fourth-order valence-electron chi connectivity index (χ4n) is 0.781. The number of para-hydroxylation sites is 1. The van der Waals surface area contributed by atoms with Gasteiger partial charge in [-0.25, -0.2) is 8.42 Å². The van der Waals surface area contributed by atoms with Crippen molar-refractivity contribution in [1.29, 1.82) is 0 Å². The molecule has 0 saturated heterocycles. The number of anilines is 1. The summed E-state index contributed by atoms with van der Waals surface area (Å²) in [6.45, 7) is 0. The third-order valence-corrected chi connectivity index (χ3v) is 1.87. The highest BCUT2D eigenvalue weighted by Crippen LogP contribution is 2.07. The summed E-state index contributed by atoms with van der Waals surface area (Å²) in [5.41, 5.74) is 6.68. The molecule has 1 aromatic carbocycles. The van der Waals surface area contributed by atoms with E-state index in [9.17, 15) is 8.42 Å². The molecular formula is C8H10N2O2S. The van der Waals surface area contributed by atoms with E-state index >= 15 is 0 Å². The molecular weight excluding hydrogens is 188 g/mol. The number of benzene rings is 1. The first-order chi connectivity index (χ1) is 5.99. The van der Waals surface area contributed by atoms with Crippen LogP contribution in [0, 0.1) is 0 Å². The Morgan fingerprint density at radius 2 is 2.00 bits per heavy atom. The van der Waals surface area contributed by atoms with Crippen molar-refractivity contribution in [2.24, 2.45) is 4.40 Å². The summed E-state index contributed by atoms with van der Waals surface area (Å²) in [5.74, 6) is 0. The molecule has 0 unspecified atom stereocenters. The van der Waals surface area contributed by atoms with Crippen LogP contribution < -0.4 is 5.73 Å². The average Bonchev–Trinajstić information content (AvgIpc) is 2.01. The summed E-state index contributed by atoms with van der Waals surface area (Å²) in [7, 11) is -3.33. The first kappa shape index (κ1) is 9.73. The van der Waals surface area contributed by atoms with E-state index in [1.165, 1.54) is 6.21 Å². The van der Waals surface area contributed by atoms with E-state index in [0.717, 1.165) is 6.26 Å². The Balaban J connectivity index is 3.00. The monoisotopic (exact) mass is 198 g/mol. The third kappa shape index (κ3) is 3.25. The molecule has 0 radical (unpaired) electrons. The number of hydrogen-bond donors (Lipinski definition) is 1. The fraction of sp³-hybridized carbons (Fsp3) is 0.125. The van der Waals surface area contributed by atoms with Gasteiger partial charge in [0.15, 0.2) is 0 Å². The molecule has 0 heterocycles. The average molecular weight is 198 g/mol. The minimum atomic E-state index is -3.33. The Bertz CT molecular complexity index is 424. The van der Waals surface area contributed by atoms with Gasteiger partial charge in [-0.3, -0.25) is 0 Å². The number of rotatable bonds is 2. The molecule has 0 aliphatic heterocycles. The van der Waals surface area contributed by atoms with Crippen LogP contribution in [-0.2, 0) is 10.0 Å². The Morgan fingerprint density at radius 3 is 2.54 bits per heavy atom. The van der Waals surface area contributed by atoms with Gasteiger partial charge in [-0.2, -0.15) is 4.40 Å². The molecule has 0 aliphatic carbocycles. The van der Waals surface area contributed by atoms with Crippen molar-refractivity contribution < 1.29 is 8.42 Å². The van der Waals surface area contributed by atoms with Crippen molar-refractivity contribution in [3.05, 3.63) is 29.8 Å². The second kappa shape index (κ2) is 3.57. The molecule has 13 heavy (non-hydrogen) atoms. The highest BCUT2D eigenvalue weighted by atomic mass is 32.2. The maximum absolute atomic E-state index is 10.7. The van der Waals surface area contributed by atoms with Crippen LogP contribution in [0.1, 0.15) is 5.56 Å². The molecule has 5 heteroatoms. The van der Waals surface area contributed by atoms with E-state index in [-0.39, 0.29) is 0 Å².